The van der Waals surface area contributed by atoms with Crippen molar-refractivity contribution in [2.45, 2.75) is 6.92 Å². The monoisotopic (exact) mass is 253 g/mol. The molecular formula is C11H11NO6. The molecule has 0 saturated heterocycles. The summed E-state index contributed by atoms with van der Waals surface area (Å²) in [5.41, 5.74) is -0.271. The standard InChI is InChI=1S/C11H11NO6/c1-6(11(14)15)3-7-4-8(12(16)17)10(13)9(5-7)18-2/h3-5,13H,1-2H3,(H,14,15)/b6-3+. The molecule has 96 valence electrons. The number of carboxylic acid groups (broad SMARTS) is 1. The molecule has 0 heterocycles. The van der Waals surface area contributed by atoms with Crippen molar-refractivity contribution in [2.24, 2.45) is 0 Å². The molecule has 18 heavy (non-hydrogen) atoms. The van der Waals surface area contributed by atoms with E-state index in [-0.39, 0.29) is 16.9 Å². The van der Waals surface area contributed by atoms with Gasteiger partial charge in [-0.1, -0.05) is 0 Å². The number of carbonyl (C=O) groups is 1. The van der Waals surface area contributed by atoms with Crippen LogP contribution in [0.15, 0.2) is 17.7 Å². The highest BCUT2D eigenvalue weighted by Gasteiger charge is 2.19. The first-order valence-electron chi connectivity index (χ1n) is 4.83. The number of nitro benzene ring substituents is 1. The molecule has 0 unspecified atom stereocenters. The van der Waals surface area contributed by atoms with Crippen LogP contribution in [0, 0.1) is 10.1 Å². The summed E-state index contributed by atoms with van der Waals surface area (Å²) in [4.78, 5) is 20.6. The van der Waals surface area contributed by atoms with E-state index in [4.69, 9.17) is 9.84 Å². The van der Waals surface area contributed by atoms with Crippen LogP contribution < -0.4 is 4.74 Å². The van der Waals surface area contributed by atoms with Gasteiger partial charge in [-0.2, -0.15) is 0 Å². The maximum Gasteiger partial charge on any atom is 0.331 e. The number of phenolic OH excluding ortho intramolecular Hbond substituents is 1. The van der Waals surface area contributed by atoms with Gasteiger partial charge in [0.2, 0.25) is 5.75 Å². The molecule has 1 rings (SSSR count). The Morgan fingerprint density at radius 3 is 2.56 bits per heavy atom. The minimum Gasteiger partial charge on any atom is -0.500 e. The lowest BCUT2D eigenvalue weighted by Crippen LogP contribution is -1.97. The van der Waals surface area contributed by atoms with Gasteiger partial charge in [0.15, 0.2) is 5.75 Å². The average Bonchev–Trinajstić information content (AvgIpc) is 2.30. The Balaban J connectivity index is 3.39. The first kappa shape index (κ1) is 13.5. The number of rotatable bonds is 4. The third-order valence-electron chi connectivity index (χ3n) is 2.21. The molecule has 0 aliphatic rings. The zero-order valence-electron chi connectivity index (χ0n) is 9.71. The minimum atomic E-state index is -1.13. The smallest absolute Gasteiger partial charge is 0.331 e. The Kier molecular flexibility index (Phi) is 3.88. The van der Waals surface area contributed by atoms with Crippen LogP contribution in [0.3, 0.4) is 0 Å². The second kappa shape index (κ2) is 5.17. The van der Waals surface area contributed by atoms with E-state index in [1.54, 1.807) is 0 Å². The molecule has 7 nitrogen and oxygen atoms in total. The molecule has 0 radical (unpaired) electrons. The van der Waals surface area contributed by atoms with Gasteiger partial charge in [-0.25, -0.2) is 4.79 Å². The third kappa shape index (κ3) is 2.76. The van der Waals surface area contributed by atoms with Crippen molar-refractivity contribution in [3.63, 3.8) is 0 Å². The van der Waals surface area contributed by atoms with Gasteiger partial charge in [-0.15, -0.1) is 0 Å². The van der Waals surface area contributed by atoms with Crippen molar-refractivity contribution in [3.05, 3.63) is 33.4 Å². The van der Waals surface area contributed by atoms with E-state index in [1.807, 2.05) is 0 Å². The van der Waals surface area contributed by atoms with E-state index < -0.39 is 22.3 Å². The van der Waals surface area contributed by atoms with Crippen LogP contribution in [0.1, 0.15) is 12.5 Å². The number of hydrogen-bond donors (Lipinski definition) is 2. The summed E-state index contributed by atoms with van der Waals surface area (Å²) in [6, 6.07) is 2.39. The van der Waals surface area contributed by atoms with E-state index in [1.165, 1.54) is 26.2 Å². The number of benzene rings is 1. The van der Waals surface area contributed by atoms with Gasteiger partial charge in [0.25, 0.3) is 0 Å². The highest BCUT2D eigenvalue weighted by atomic mass is 16.6. The van der Waals surface area contributed by atoms with Gasteiger partial charge in [-0.3, -0.25) is 10.1 Å². The summed E-state index contributed by atoms with van der Waals surface area (Å²) in [5, 5.41) is 29.0. The van der Waals surface area contributed by atoms with Crippen LogP contribution in [-0.4, -0.2) is 28.2 Å². The van der Waals surface area contributed by atoms with Crippen LogP contribution in [0.25, 0.3) is 6.08 Å². The Morgan fingerprint density at radius 1 is 1.50 bits per heavy atom. The molecule has 0 fully saturated rings. The van der Waals surface area contributed by atoms with Crippen molar-refractivity contribution >= 4 is 17.7 Å². The summed E-state index contributed by atoms with van der Waals surface area (Å²) >= 11 is 0. The Hall–Kier alpha value is -2.57. The van der Waals surface area contributed by atoms with Crippen molar-refractivity contribution in [1.29, 1.82) is 0 Å². The number of nitrogens with zero attached hydrogens (tertiary/aromatic N) is 1. The summed E-state index contributed by atoms with van der Waals surface area (Å²) in [6.45, 7) is 1.35. The molecule has 7 heteroatoms. The predicted molar refractivity (Wildman–Crippen MR) is 62.6 cm³/mol. The lowest BCUT2D eigenvalue weighted by Gasteiger charge is -2.05. The molecule has 0 amide bonds. The van der Waals surface area contributed by atoms with Gasteiger partial charge >= 0.3 is 11.7 Å². The normalized spacial score (nSPS) is 11.1. The van der Waals surface area contributed by atoms with E-state index in [0.717, 1.165) is 6.07 Å². The molecule has 0 spiro atoms. The fourth-order valence-electron chi connectivity index (χ4n) is 1.30. The Labute approximate surface area is 102 Å². The summed E-state index contributed by atoms with van der Waals surface area (Å²) in [5.74, 6) is -1.81. The highest BCUT2D eigenvalue weighted by molar-refractivity contribution is 5.91. The lowest BCUT2D eigenvalue weighted by atomic mass is 10.1. The zero-order chi connectivity index (χ0) is 13.9. The number of hydrogen-bond acceptors (Lipinski definition) is 5. The highest BCUT2D eigenvalue weighted by Crippen LogP contribution is 2.37. The molecule has 0 saturated carbocycles. The van der Waals surface area contributed by atoms with E-state index in [0.29, 0.717) is 0 Å². The molecule has 1 aromatic carbocycles. The lowest BCUT2D eigenvalue weighted by molar-refractivity contribution is -0.386. The van der Waals surface area contributed by atoms with E-state index in [2.05, 4.69) is 0 Å². The van der Waals surface area contributed by atoms with Gasteiger partial charge in [0.1, 0.15) is 0 Å². The number of ether oxygens (including phenoxy) is 1. The third-order valence-corrected chi connectivity index (χ3v) is 2.21. The molecule has 0 aliphatic carbocycles. The van der Waals surface area contributed by atoms with Crippen molar-refractivity contribution in [1.82, 2.24) is 0 Å². The van der Waals surface area contributed by atoms with Crippen LogP contribution in [-0.2, 0) is 4.79 Å². The molecule has 0 bridgehead atoms. The van der Waals surface area contributed by atoms with Crippen molar-refractivity contribution in [3.8, 4) is 11.5 Å². The van der Waals surface area contributed by atoms with Gasteiger partial charge in [0, 0.05) is 11.6 Å². The summed E-state index contributed by atoms with van der Waals surface area (Å²) in [7, 11) is 1.25. The van der Waals surface area contributed by atoms with Crippen LogP contribution in [0.5, 0.6) is 11.5 Å². The predicted octanol–water partition coefficient (Wildman–Crippen LogP) is 1.80. The molecule has 0 atom stereocenters. The quantitative estimate of drug-likeness (QED) is 0.481. The number of carboxylic acids is 1. The number of methoxy groups -OCH3 is 1. The second-order valence-electron chi connectivity index (χ2n) is 3.48. The number of phenols is 1. The van der Waals surface area contributed by atoms with Crippen LogP contribution in [0.2, 0.25) is 0 Å². The maximum atomic E-state index is 10.7. The molecular weight excluding hydrogens is 242 g/mol. The van der Waals surface area contributed by atoms with Crippen molar-refractivity contribution < 1.29 is 24.7 Å². The fraction of sp³-hybridized carbons (Fsp3) is 0.182. The maximum absolute atomic E-state index is 10.7. The number of aromatic hydroxyl groups is 1. The van der Waals surface area contributed by atoms with Gasteiger partial charge in [-0.05, 0) is 24.6 Å². The first-order valence-corrected chi connectivity index (χ1v) is 4.83. The Morgan fingerprint density at radius 2 is 2.11 bits per heavy atom. The molecule has 0 aliphatic heterocycles. The molecule has 2 N–H and O–H groups in total. The average molecular weight is 253 g/mol. The second-order valence-corrected chi connectivity index (χ2v) is 3.48. The zero-order valence-corrected chi connectivity index (χ0v) is 9.71. The topological polar surface area (TPSA) is 110 Å². The van der Waals surface area contributed by atoms with E-state index in [9.17, 15) is 20.0 Å². The van der Waals surface area contributed by atoms with Crippen LogP contribution >= 0.6 is 0 Å². The molecule has 1 aromatic rings. The number of aliphatic carboxylic acids is 1. The van der Waals surface area contributed by atoms with Crippen LogP contribution in [0.4, 0.5) is 5.69 Å². The summed E-state index contributed by atoms with van der Waals surface area (Å²) < 4.78 is 4.79. The summed E-state index contributed by atoms with van der Waals surface area (Å²) in [6.07, 6.45) is 1.25. The largest absolute Gasteiger partial charge is 0.500 e. The van der Waals surface area contributed by atoms with Gasteiger partial charge < -0.3 is 14.9 Å². The minimum absolute atomic E-state index is 0.0111. The molecule has 0 aromatic heterocycles. The number of nitro groups is 1. The first-order chi connectivity index (χ1) is 8.36. The van der Waals surface area contributed by atoms with E-state index >= 15 is 0 Å². The van der Waals surface area contributed by atoms with Crippen molar-refractivity contribution in [2.75, 3.05) is 7.11 Å². The fourth-order valence-corrected chi connectivity index (χ4v) is 1.30. The SMILES string of the molecule is COc1cc(/C=C(\C)C(=O)O)cc([N+](=O)[O-])c1O. The van der Waals surface area contributed by atoms with Gasteiger partial charge in [0.05, 0.1) is 12.0 Å². The Bertz CT molecular complexity index is 535.